The number of para-hydroxylation sites is 1. The first-order valence-electron chi connectivity index (χ1n) is 5.22. The summed E-state index contributed by atoms with van der Waals surface area (Å²) < 4.78 is 0. The summed E-state index contributed by atoms with van der Waals surface area (Å²) in [6, 6.07) is 8.19. The van der Waals surface area contributed by atoms with E-state index in [2.05, 4.69) is 32.1 Å². The van der Waals surface area contributed by atoms with E-state index in [1.807, 2.05) is 24.4 Å². The molecule has 0 fully saturated rings. The van der Waals surface area contributed by atoms with Crippen LogP contribution in [0.1, 0.15) is 19.4 Å². The van der Waals surface area contributed by atoms with Crippen LogP contribution in [0.2, 0.25) is 0 Å². The molecule has 2 heteroatoms. The zero-order valence-corrected chi connectivity index (χ0v) is 9.14. The molecule has 0 aliphatic carbocycles. The third-order valence-electron chi connectivity index (χ3n) is 2.42. The van der Waals surface area contributed by atoms with Gasteiger partial charge in [0.05, 0.1) is 0 Å². The van der Waals surface area contributed by atoms with Crippen LogP contribution in [0.4, 0.5) is 5.69 Å². The van der Waals surface area contributed by atoms with Crippen molar-refractivity contribution in [3.8, 4) is 0 Å². The highest BCUT2D eigenvalue weighted by molar-refractivity contribution is 6.20. The van der Waals surface area contributed by atoms with Gasteiger partial charge in [-0.1, -0.05) is 38.1 Å². The van der Waals surface area contributed by atoms with Crippen molar-refractivity contribution in [2.45, 2.75) is 13.8 Å². The van der Waals surface area contributed by atoms with Crippen LogP contribution >= 0.6 is 0 Å². The third kappa shape index (κ3) is 1.99. The van der Waals surface area contributed by atoms with Crippen molar-refractivity contribution in [3.05, 3.63) is 48.2 Å². The minimum Gasteiger partial charge on any atom is -0.403 e. The monoisotopic (exact) mass is 195 g/mol. The topological polar surface area (TPSA) is 3.24 Å². The Kier molecular flexibility index (Phi) is 2.67. The fraction of sp³-hybridized carbons (Fsp3) is 0.231. The molecule has 0 saturated carbocycles. The zero-order valence-electron chi connectivity index (χ0n) is 9.14. The van der Waals surface area contributed by atoms with Gasteiger partial charge in [-0.25, -0.2) is 0 Å². The second-order valence-electron chi connectivity index (χ2n) is 4.11. The molecule has 2 radical (unpaired) electrons. The second kappa shape index (κ2) is 3.97. The summed E-state index contributed by atoms with van der Waals surface area (Å²) in [5, 5.41) is 0. The number of benzene rings is 1. The van der Waals surface area contributed by atoms with Crippen molar-refractivity contribution in [2.75, 3.05) is 4.81 Å². The van der Waals surface area contributed by atoms with Crippen molar-refractivity contribution >= 4 is 19.2 Å². The van der Waals surface area contributed by atoms with Crippen LogP contribution in [0.15, 0.2) is 42.6 Å². The minimum atomic E-state index is 0.544. The molecule has 0 saturated heterocycles. The molecule has 74 valence electrons. The first-order chi connectivity index (χ1) is 7.18. The first kappa shape index (κ1) is 10.1. The summed E-state index contributed by atoms with van der Waals surface area (Å²) in [4.78, 5) is 1.66. The summed E-state index contributed by atoms with van der Waals surface area (Å²) in [5.74, 6) is 0.544. The number of anilines is 1. The largest absolute Gasteiger partial charge is 0.403 e. The molecule has 2 rings (SSSR count). The quantitative estimate of drug-likeness (QED) is 0.622. The van der Waals surface area contributed by atoms with Crippen LogP contribution in [-0.2, 0) is 0 Å². The number of hydrogen-bond acceptors (Lipinski definition) is 1. The van der Waals surface area contributed by atoms with E-state index in [9.17, 15) is 0 Å². The van der Waals surface area contributed by atoms with Crippen molar-refractivity contribution in [3.63, 3.8) is 0 Å². The maximum absolute atomic E-state index is 5.86. The molecule has 0 spiro atoms. The smallest absolute Gasteiger partial charge is 0.234 e. The molecule has 1 aromatic rings. The van der Waals surface area contributed by atoms with Gasteiger partial charge < -0.3 is 4.81 Å². The van der Waals surface area contributed by atoms with Gasteiger partial charge in [0.15, 0.2) is 0 Å². The van der Waals surface area contributed by atoms with E-state index in [4.69, 9.17) is 7.98 Å². The van der Waals surface area contributed by atoms with Crippen molar-refractivity contribution in [1.29, 1.82) is 0 Å². The molecule has 0 amide bonds. The van der Waals surface area contributed by atoms with E-state index >= 15 is 0 Å². The van der Waals surface area contributed by atoms with Gasteiger partial charge in [0.1, 0.15) is 0 Å². The molecular weight excluding hydrogens is 181 g/mol. The fourth-order valence-corrected chi connectivity index (χ4v) is 1.78. The Bertz CT molecular complexity index is 418. The average molecular weight is 195 g/mol. The van der Waals surface area contributed by atoms with Crippen LogP contribution in [0, 0.1) is 5.92 Å². The predicted molar refractivity (Wildman–Crippen MR) is 66.6 cm³/mol. The van der Waals surface area contributed by atoms with Crippen LogP contribution in [-0.4, -0.2) is 7.98 Å². The highest BCUT2D eigenvalue weighted by atomic mass is 15.0. The zero-order chi connectivity index (χ0) is 10.8. The van der Waals surface area contributed by atoms with E-state index in [0.717, 1.165) is 5.69 Å². The Hall–Kier alpha value is -1.44. The second-order valence-corrected chi connectivity index (χ2v) is 4.11. The number of hydrogen-bond donors (Lipinski definition) is 0. The molecule has 1 aliphatic heterocycles. The molecular formula is C13H14BN. The summed E-state index contributed by atoms with van der Waals surface area (Å²) in [6.45, 7) is 4.36. The maximum atomic E-state index is 5.86. The number of allylic oxidation sites excluding steroid dienone is 3. The Morgan fingerprint density at radius 1 is 1.27 bits per heavy atom. The molecule has 0 atom stereocenters. The SMILES string of the molecule is [B]N1C=C/C(=C/C(C)C)c2ccccc21. The maximum Gasteiger partial charge on any atom is 0.234 e. The third-order valence-corrected chi connectivity index (χ3v) is 2.42. The molecule has 0 N–H and O–H groups in total. The Labute approximate surface area is 92.5 Å². The predicted octanol–water partition coefficient (Wildman–Crippen LogP) is 3.14. The van der Waals surface area contributed by atoms with Crippen LogP contribution in [0.25, 0.3) is 5.57 Å². The van der Waals surface area contributed by atoms with Crippen molar-refractivity contribution in [2.24, 2.45) is 5.92 Å². The summed E-state index contributed by atoms with van der Waals surface area (Å²) >= 11 is 0. The molecule has 15 heavy (non-hydrogen) atoms. The van der Waals surface area contributed by atoms with E-state index in [1.165, 1.54) is 11.1 Å². The van der Waals surface area contributed by atoms with Crippen LogP contribution in [0.5, 0.6) is 0 Å². The molecule has 0 bridgehead atoms. The number of rotatable bonds is 1. The Morgan fingerprint density at radius 2 is 2.00 bits per heavy atom. The molecule has 1 nitrogen and oxygen atoms in total. The lowest BCUT2D eigenvalue weighted by atomic mass is 9.95. The lowest BCUT2D eigenvalue weighted by Crippen LogP contribution is -2.15. The van der Waals surface area contributed by atoms with Gasteiger partial charge >= 0.3 is 0 Å². The molecule has 0 unspecified atom stereocenters. The van der Waals surface area contributed by atoms with Gasteiger partial charge in [0.25, 0.3) is 0 Å². The van der Waals surface area contributed by atoms with Gasteiger partial charge in [0.2, 0.25) is 7.98 Å². The number of nitrogens with zero attached hydrogens (tertiary/aromatic N) is 1. The van der Waals surface area contributed by atoms with Gasteiger partial charge in [-0.2, -0.15) is 0 Å². The summed E-state index contributed by atoms with van der Waals surface area (Å²) in [5.41, 5.74) is 3.52. The average Bonchev–Trinajstić information content (AvgIpc) is 2.22. The fourth-order valence-electron chi connectivity index (χ4n) is 1.78. The summed E-state index contributed by atoms with van der Waals surface area (Å²) in [6.07, 6.45) is 6.21. The Morgan fingerprint density at radius 3 is 2.73 bits per heavy atom. The van der Waals surface area contributed by atoms with Crippen molar-refractivity contribution in [1.82, 2.24) is 0 Å². The normalized spacial score (nSPS) is 17.3. The molecule has 1 aromatic carbocycles. The van der Waals surface area contributed by atoms with Crippen molar-refractivity contribution < 1.29 is 0 Å². The van der Waals surface area contributed by atoms with Crippen LogP contribution < -0.4 is 4.81 Å². The highest BCUT2D eigenvalue weighted by Crippen LogP contribution is 2.31. The van der Waals surface area contributed by atoms with E-state index in [1.54, 1.807) is 4.81 Å². The Balaban J connectivity index is 2.50. The van der Waals surface area contributed by atoms with Gasteiger partial charge in [-0.15, -0.1) is 0 Å². The van der Waals surface area contributed by atoms with Gasteiger partial charge in [0, 0.05) is 11.3 Å². The molecule has 1 aliphatic rings. The van der Waals surface area contributed by atoms with E-state index in [0.29, 0.717) is 5.92 Å². The van der Waals surface area contributed by atoms with Gasteiger partial charge in [-0.05, 0) is 29.8 Å². The van der Waals surface area contributed by atoms with Crippen LogP contribution in [0.3, 0.4) is 0 Å². The number of fused-ring (bicyclic) bond motifs is 1. The summed E-state index contributed by atoms with van der Waals surface area (Å²) in [7, 11) is 5.86. The van der Waals surface area contributed by atoms with Gasteiger partial charge in [-0.3, -0.25) is 0 Å². The highest BCUT2D eigenvalue weighted by Gasteiger charge is 2.11. The lowest BCUT2D eigenvalue weighted by Gasteiger charge is -2.24. The van der Waals surface area contributed by atoms with E-state index in [-0.39, 0.29) is 0 Å². The molecule has 0 aromatic heterocycles. The minimum absolute atomic E-state index is 0.544. The van der Waals surface area contributed by atoms with E-state index < -0.39 is 0 Å². The first-order valence-corrected chi connectivity index (χ1v) is 5.22. The lowest BCUT2D eigenvalue weighted by molar-refractivity contribution is 0.834. The standard InChI is InChI=1S/C13H14BN/c1-10(2)9-11-7-8-15(14)13-6-4-3-5-12(11)13/h3-10H,1-2H3/b11-9-. The molecule has 1 heterocycles.